The number of halogens is 1. The average molecular weight is 170 g/mol. The van der Waals surface area contributed by atoms with Gasteiger partial charge in [-0.25, -0.2) is 14.8 Å². The van der Waals surface area contributed by atoms with E-state index in [0.29, 0.717) is 5.82 Å². The zero-order chi connectivity index (χ0) is 8.27. The van der Waals surface area contributed by atoms with E-state index in [2.05, 4.69) is 15.0 Å². The minimum absolute atomic E-state index is 0.167. The second kappa shape index (κ2) is 3.23. The Morgan fingerprint density at radius 2 is 2.45 bits per heavy atom. The standard InChI is InChI=1S/C6H4ClN3O/c1-4-8-2-5(9-3-11)6(7)10-4/h2H,1H3. The van der Waals surface area contributed by atoms with Crippen LogP contribution in [-0.2, 0) is 4.79 Å². The van der Waals surface area contributed by atoms with Crippen LogP contribution in [-0.4, -0.2) is 16.0 Å². The molecule has 4 nitrogen and oxygen atoms in total. The first-order valence-electron chi connectivity index (χ1n) is 2.81. The summed E-state index contributed by atoms with van der Waals surface area (Å²) in [5.74, 6) is 0.542. The van der Waals surface area contributed by atoms with Gasteiger partial charge < -0.3 is 0 Å². The Morgan fingerprint density at radius 1 is 1.73 bits per heavy atom. The summed E-state index contributed by atoms with van der Waals surface area (Å²) in [6, 6.07) is 0. The van der Waals surface area contributed by atoms with Crippen molar-refractivity contribution in [1.82, 2.24) is 9.97 Å². The van der Waals surface area contributed by atoms with Gasteiger partial charge in [-0.1, -0.05) is 11.6 Å². The van der Waals surface area contributed by atoms with Crippen LogP contribution in [0.2, 0.25) is 5.15 Å². The van der Waals surface area contributed by atoms with Crippen LogP contribution in [0.1, 0.15) is 5.82 Å². The molecule has 0 aromatic carbocycles. The molecule has 0 atom stereocenters. The normalized spacial score (nSPS) is 8.91. The highest BCUT2D eigenvalue weighted by molar-refractivity contribution is 6.31. The molecule has 0 saturated carbocycles. The van der Waals surface area contributed by atoms with Crippen molar-refractivity contribution in [2.45, 2.75) is 6.92 Å². The van der Waals surface area contributed by atoms with Gasteiger partial charge in [0.25, 0.3) is 0 Å². The molecule has 0 N–H and O–H groups in total. The Kier molecular flexibility index (Phi) is 2.31. The molecule has 0 radical (unpaired) electrons. The van der Waals surface area contributed by atoms with Gasteiger partial charge in [0.1, 0.15) is 11.5 Å². The monoisotopic (exact) mass is 169 g/mol. The highest BCUT2D eigenvalue weighted by atomic mass is 35.5. The van der Waals surface area contributed by atoms with Gasteiger partial charge in [-0.15, -0.1) is 0 Å². The lowest BCUT2D eigenvalue weighted by molar-refractivity contribution is 0.565. The van der Waals surface area contributed by atoms with Gasteiger partial charge in [0.15, 0.2) is 5.15 Å². The van der Waals surface area contributed by atoms with Crippen molar-refractivity contribution in [2.75, 3.05) is 0 Å². The van der Waals surface area contributed by atoms with Crippen LogP contribution in [0, 0.1) is 6.92 Å². The van der Waals surface area contributed by atoms with E-state index in [4.69, 9.17) is 11.6 Å². The number of rotatable bonds is 1. The number of aryl methyl sites for hydroxylation is 1. The summed E-state index contributed by atoms with van der Waals surface area (Å²) in [7, 11) is 0. The van der Waals surface area contributed by atoms with E-state index in [9.17, 15) is 4.79 Å². The number of hydrogen-bond donors (Lipinski definition) is 0. The summed E-state index contributed by atoms with van der Waals surface area (Å²) in [4.78, 5) is 20.7. The van der Waals surface area contributed by atoms with Crippen LogP contribution in [0.4, 0.5) is 5.69 Å². The van der Waals surface area contributed by atoms with Crippen LogP contribution < -0.4 is 0 Å². The second-order valence-corrected chi connectivity index (χ2v) is 2.15. The van der Waals surface area contributed by atoms with Crippen molar-refractivity contribution >= 4 is 23.4 Å². The van der Waals surface area contributed by atoms with Crippen LogP contribution in [0.5, 0.6) is 0 Å². The van der Waals surface area contributed by atoms with Crippen LogP contribution in [0.3, 0.4) is 0 Å². The predicted molar refractivity (Wildman–Crippen MR) is 39.6 cm³/mol. The van der Waals surface area contributed by atoms with E-state index in [0.717, 1.165) is 0 Å². The topological polar surface area (TPSA) is 55.2 Å². The zero-order valence-electron chi connectivity index (χ0n) is 5.71. The Hall–Kier alpha value is -1.25. The molecule has 1 aromatic heterocycles. The molecule has 1 heterocycles. The van der Waals surface area contributed by atoms with E-state index >= 15 is 0 Å². The Morgan fingerprint density at radius 3 is 3.00 bits per heavy atom. The fraction of sp³-hybridized carbons (Fsp3) is 0.167. The van der Waals surface area contributed by atoms with Crippen molar-refractivity contribution in [3.05, 3.63) is 17.2 Å². The summed E-state index contributed by atoms with van der Waals surface area (Å²) in [6.07, 6.45) is 2.73. The fourth-order valence-corrected chi connectivity index (χ4v) is 0.774. The SMILES string of the molecule is Cc1ncc(N=C=O)c(Cl)n1. The number of aliphatic imine (C=N–C) groups is 1. The maximum absolute atomic E-state index is 9.81. The molecule has 0 unspecified atom stereocenters. The van der Waals surface area contributed by atoms with E-state index in [1.54, 1.807) is 6.92 Å². The number of isocyanates is 1. The molecule has 0 fully saturated rings. The fourth-order valence-electron chi connectivity index (χ4n) is 0.560. The second-order valence-electron chi connectivity index (χ2n) is 1.80. The molecule has 1 rings (SSSR count). The van der Waals surface area contributed by atoms with E-state index in [1.165, 1.54) is 12.3 Å². The van der Waals surface area contributed by atoms with Crippen molar-refractivity contribution in [2.24, 2.45) is 4.99 Å². The smallest absolute Gasteiger partial charge is 0.239 e. The summed E-state index contributed by atoms with van der Waals surface area (Å²) < 4.78 is 0. The van der Waals surface area contributed by atoms with Gasteiger partial charge in [-0.05, 0) is 6.92 Å². The van der Waals surface area contributed by atoms with Gasteiger partial charge in [0, 0.05) is 0 Å². The van der Waals surface area contributed by atoms with E-state index in [1.807, 2.05) is 0 Å². The van der Waals surface area contributed by atoms with Crippen molar-refractivity contribution in [3.63, 3.8) is 0 Å². The Labute approximate surface area is 68.0 Å². The molecule has 0 saturated heterocycles. The third-order valence-corrected chi connectivity index (χ3v) is 1.29. The zero-order valence-corrected chi connectivity index (χ0v) is 6.46. The lowest BCUT2D eigenvalue weighted by atomic mass is 10.5. The summed E-state index contributed by atoms with van der Waals surface area (Å²) >= 11 is 5.58. The Bertz CT molecular complexity index is 320. The van der Waals surface area contributed by atoms with Crippen molar-refractivity contribution in [3.8, 4) is 0 Å². The molecule has 0 spiro atoms. The van der Waals surface area contributed by atoms with Gasteiger partial charge in [-0.3, -0.25) is 0 Å². The molecule has 0 aliphatic carbocycles. The Balaban J connectivity index is 3.19. The minimum atomic E-state index is 0.167. The third-order valence-electron chi connectivity index (χ3n) is 1.01. The van der Waals surface area contributed by atoms with Crippen LogP contribution >= 0.6 is 11.6 Å². The van der Waals surface area contributed by atoms with E-state index in [-0.39, 0.29) is 10.8 Å². The molecule has 0 amide bonds. The highest BCUT2D eigenvalue weighted by Gasteiger charge is 1.99. The average Bonchev–Trinajstić information content (AvgIpc) is 1.95. The van der Waals surface area contributed by atoms with E-state index < -0.39 is 0 Å². The first kappa shape index (κ1) is 7.85. The molecule has 0 aliphatic heterocycles. The molecule has 1 aromatic rings. The summed E-state index contributed by atoms with van der Waals surface area (Å²) in [5, 5.41) is 0.167. The van der Waals surface area contributed by atoms with Crippen molar-refractivity contribution < 1.29 is 4.79 Å². The highest BCUT2D eigenvalue weighted by Crippen LogP contribution is 2.19. The molecule has 0 bridgehead atoms. The maximum atomic E-state index is 9.81. The molecule has 56 valence electrons. The predicted octanol–water partition coefficient (Wildman–Crippen LogP) is 1.41. The molecule has 5 heteroatoms. The lowest BCUT2D eigenvalue weighted by Crippen LogP contribution is -1.85. The van der Waals surface area contributed by atoms with Crippen LogP contribution in [0.15, 0.2) is 11.2 Å². The first-order chi connectivity index (χ1) is 5.24. The lowest BCUT2D eigenvalue weighted by Gasteiger charge is -1.93. The quantitative estimate of drug-likeness (QED) is 0.363. The molecular weight excluding hydrogens is 166 g/mol. The first-order valence-corrected chi connectivity index (χ1v) is 3.19. The maximum Gasteiger partial charge on any atom is 0.240 e. The molecule has 11 heavy (non-hydrogen) atoms. The number of carbonyl (C=O) groups excluding carboxylic acids is 1. The minimum Gasteiger partial charge on any atom is -0.239 e. The van der Waals surface area contributed by atoms with Gasteiger partial charge in [0.2, 0.25) is 6.08 Å². The van der Waals surface area contributed by atoms with Crippen molar-refractivity contribution in [1.29, 1.82) is 0 Å². The largest absolute Gasteiger partial charge is 0.240 e. The molecular formula is C6H4ClN3O. The summed E-state index contributed by atoms with van der Waals surface area (Å²) in [5.41, 5.74) is 0.243. The number of nitrogens with zero attached hydrogens (tertiary/aromatic N) is 3. The van der Waals surface area contributed by atoms with Gasteiger partial charge in [-0.2, -0.15) is 4.99 Å². The van der Waals surface area contributed by atoms with Gasteiger partial charge in [0.05, 0.1) is 6.20 Å². The van der Waals surface area contributed by atoms with Gasteiger partial charge >= 0.3 is 0 Å². The summed E-state index contributed by atoms with van der Waals surface area (Å²) in [6.45, 7) is 1.69. The third kappa shape index (κ3) is 1.83. The molecule has 0 aliphatic rings. The number of hydrogen-bond acceptors (Lipinski definition) is 4. The van der Waals surface area contributed by atoms with Crippen LogP contribution in [0.25, 0.3) is 0 Å². The number of aromatic nitrogens is 2.